The number of carbonyl (C=O) groups excluding carboxylic acids is 1. The standard InChI is InChI=1S/C14H18O2S/c1-4-12(14(15)16-3)8-9-17-13-7-5-6-11(2)10-13/h5-8,10H,4,9H2,1-3H3. The Morgan fingerprint density at radius 1 is 1.47 bits per heavy atom. The van der Waals surface area contributed by atoms with Gasteiger partial charge >= 0.3 is 5.97 Å². The number of ether oxygens (including phenoxy) is 1. The van der Waals surface area contributed by atoms with Gasteiger partial charge in [-0.25, -0.2) is 4.79 Å². The van der Waals surface area contributed by atoms with E-state index in [1.54, 1.807) is 11.8 Å². The van der Waals surface area contributed by atoms with Crippen molar-refractivity contribution in [1.29, 1.82) is 0 Å². The second-order valence-corrected chi connectivity index (χ2v) is 4.80. The van der Waals surface area contributed by atoms with Crippen molar-refractivity contribution < 1.29 is 9.53 Å². The minimum Gasteiger partial charge on any atom is -0.466 e. The molecule has 0 unspecified atom stereocenters. The summed E-state index contributed by atoms with van der Waals surface area (Å²) in [6.07, 6.45) is 2.65. The third kappa shape index (κ3) is 4.65. The molecule has 1 rings (SSSR count). The molecule has 0 spiro atoms. The lowest BCUT2D eigenvalue weighted by Crippen LogP contribution is -2.04. The van der Waals surface area contributed by atoms with Crippen LogP contribution in [-0.2, 0) is 9.53 Å². The van der Waals surface area contributed by atoms with Crippen molar-refractivity contribution >= 4 is 17.7 Å². The van der Waals surface area contributed by atoms with E-state index < -0.39 is 0 Å². The van der Waals surface area contributed by atoms with Gasteiger partial charge in [-0.15, -0.1) is 11.8 Å². The summed E-state index contributed by atoms with van der Waals surface area (Å²) >= 11 is 1.72. The normalized spacial score (nSPS) is 11.4. The van der Waals surface area contributed by atoms with Crippen LogP contribution in [0.5, 0.6) is 0 Å². The average Bonchev–Trinajstić information content (AvgIpc) is 2.34. The Kier molecular flexibility index (Phi) is 5.84. The molecule has 0 atom stereocenters. The van der Waals surface area contributed by atoms with E-state index in [1.165, 1.54) is 17.6 Å². The van der Waals surface area contributed by atoms with E-state index in [-0.39, 0.29) is 5.97 Å². The van der Waals surface area contributed by atoms with Crippen LogP contribution in [0.1, 0.15) is 18.9 Å². The predicted octanol–water partition coefficient (Wildman–Crippen LogP) is 3.60. The van der Waals surface area contributed by atoms with E-state index in [2.05, 4.69) is 25.1 Å². The van der Waals surface area contributed by atoms with E-state index in [1.807, 2.05) is 19.1 Å². The molecule has 0 aliphatic heterocycles. The number of aryl methyl sites for hydroxylation is 1. The first kappa shape index (κ1) is 13.8. The van der Waals surface area contributed by atoms with Gasteiger partial charge in [-0.2, -0.15) is 0 Å². The number of carbonyl (C=O) groups is 1. The molecule has 0 N–H and O–H groups in total. The molecule has 17 heavy (non-hydrogen) atoms. The zero-order valence-electron chi connectivity index (χ0n) is 10.5. The Morgan fingerprint density at radius 3 is 2.82 bits per heavy atom. The van der Waals surface area contributed by atoms with Gasteiger partial charge in [-0.1, -0.05) is 30.7 Å². The highest BCUT2D eigenvalue weighted by molar-refractivity contribution is 7.99. The Hall–Kier alpha value is -1.22. The smallest absolute Gasteiger partial charge is 0.333 e. The van der Waals surface area contributed by atoms with Crippen LogP contribution in [0.15, 0.2) is 40.8 Å². The highest BCUT2D eigenvalue weighted by Crippen LogP contribution is 2.19. The Bertz CT molecular complexity index is 410. The Morgan fingerprint density at radius 2 is 2.24 bits per heavy atom. The molecule has 0 aliphatic carbocycles. The monoisotopic (exact) mass is 250 g/mol. The summed E-state index contributed by atoms with van der Waals surface area (Å²) in [5, 5.41) is 0. The van der Waals surface area contributed by atoms with Crippen molar-refractivity contribution in [2.45, 2.75) is 25.2 Å². The van der Waals surface area contributed by atoms with Crippen molar-refractivity contribution in [3.8, 4) is 0 Å². The van der Waals surface area contributed by atoms with Gasteiger partial charge in [-0.3, -0.25) is 0 Å². The summed E-state index contributed by atoms with van der Waals surface area (Å²) in [4.78, 5) is 12.6. The number of rotatable bonds is 5. The maximum absolute atomic E-state index is 11.3. The summed E-state index contributed by atoms with van der Waals surface area (Å²) in [5.74, 6) is 0.569. The van der Waals surface area contributed by atoms with Crippen molar-refractivity contribution in [3.05, 3.63) is 41.5 Å². The zero-order valence-corrected chi connectivity index (χ0v) is 11.3. The summed E-state index contributed by atoms with van der Waals surface area (Å²) in [6.45, 7) is 4.03. The van der Waals surface area contributed by atoms with Gasteiger partial charge < -0.3 is 4.74 Å². The van der Waals surface area contributed by atoms with E-state index >= 15 is 0 Å². The molecule has 0 bridgehead atoms. The number of methoxy groups -OCH3 is 1. The molecule has 0 fully saturated rings. The van der Waals surface area contributed by atoms with Crippen LogP contribution in [0.2, 0.25) is 0 Å². The minimum absolute atomic E-state index is 0.225. The highest BCUT2D eigenvalue weighted by atomic mass is 32.2. The van der Waals surface area contributed by atoms with Crippen LogP contribution < -0.4 is 0 Å². The van der Waals surface area contributed by atoms with Crippen molar-refractivity contribution in [1.82, 2.24) is 0 Å². The van der Waals surface area contributed by atoms with Crippen LogP contribution in [0.3, 0.4) is 0 Å². The second-order valence-electron chi connectivity index (χ2n) is 3.70. The zero-order chi connectivity index (χ0) is 12.7. The lowest BCUT2D eigenvalue weighted by Gasteiger charge is -2.03. The molecular weight excluding hydrogens is 232 g/mol. The number of hydrogen-bond acceptors (Lipinski definition) is 3. The van der Waals surface area contributed by atoms with Crippen LogP contribution in [0.4, 0.5) is 0 Å². The number of thioether (sulfide) groups is 1. The van der Waals surface area contributed by atoms with Crippen LogP contribution in [0, 0.1) is 6.92 Å². The lowest BCUT2D eigenvalue weighted by atomic mass is 10.2. The quantitative estimate of drug-likeness (QED) is 0.454. The van der Waals surface area contributed by atoms with E-state index in [0.717, 1.165) is 11.3 Å². The fourth-order valence-electron chi connectivity index (χ4n) is 1.45. The first-order valence-electron chi connectivity index (χ1n) is 5.64. The van der Waals surface area contributed by atoms with E-state index in [9.17, 15) is 4.79 Å². The van der Waals surface area contributed by atoms with Gasteiger partial charge in [0.25, 0.3) is 0 Å². The Labute approximate surface area is 107 Å². The topological polar surface area (TPSA) is 26.3 Å². The van der Waals surface area contributed by atoms with Gasteiger partial charge in [0, 0.05) is 16.2 Å². The molecule has 1 aromatic carbocycles. The summed E-state index contributed by atoms with van der Waals surface area (Å²) in [7, 11) is 1.42. The summed E-state index contributed by atoms with van der Waals surface area (Å²) in [5.41, 5.74) is 2.00. The second kappa shape index (κ2) is 7.17. The summed E-state index contributed by atoms with van der Waals surface area (Å²) in [6, 6.07) is 8.34. The van der Waals surface area contributed by atoms with Crippen LogP contribution in [-0.4, -0.2) is 18.8 Å². The first-order valence-corrected chi connectivity index (χ1v) is 6.62. The maximum atomic E-state index is 11.3. The SMILES string of the molecule is CCC(=CCSc1cccc(C)c1)C(=O)OC. The third-order valence-electron chi connectivity index (χ3n) is 2.40. The van der Waals surface area contributed by atoms with Crippen molar-refractivity contribution in [2.75, 3.05) is 12.9 Å². The van der Waals surface area contributed by atoms with Gasteiger partial charge in [0.15, 0.2) is 0 Å². The van der Waals surface area contributed by atoms with Gasteiger partial charge in [0.05, 0.1) is 7.11 Å². The first-order chi connectivity index (χ1) is 8.17. The number of benzene rings is 1. The van der Waals surface area contributed by atoms with Gasteiger partial charge in [-0.05, 0) is 25.5 Å². The number of esters is 1. The van der Waals surface area contributed by atoms with Crippen molar-refractivity contribution in [2.24, 2.45) is 0 Å². The largest absolute Gasteiger partial charge is 0.466 e. The molecule has 0 amide bonds. The molecule has 0 heterocycles. The van der Waals surface area contributed by atoms with E-state index in [0.29, 0.717) is 6.42 Å². The molecule has 3 heteroatoms. The number of hydrogen-bond donors (Lipinski definition) is 0. The average molecular weight is 250 g/mol. The molecule has 0 aromatic heterocycles. The summed E-state index contributed by atoms with van der Waals surface area (Å²) < 4.78 is 4.71. The van der Waals surface area contributed by atoms with Crippen LogP contribution in [0.25, 0.3) is 0 Å². The minimum atomic E-state index is -0.225. The van der Waals surface area contributed by atoms with Gasteiger partial charge in [0.2, 0.25) is 0 Å². The van der Waals surface area contributed by atoms with Gasteiger partial charge in [0.1, 0.15) is 0 Å². The predicted molar refractivity (Wildman–Crippen MR) is 72.3 cm³/mol. The fraction of sp³-hybridized carbons (Fsp3) is 0.357. The molecule has 0 aliphatic rings. The molecule has 2 nitrogen and oxygen atoms in total. The van der Waals surface area contributed by atoms with E-state index in [4.69, 9.17) is 4.74 Å². The molecule has 0 radical (unpaired) electrons. The molecule has 1 aromatic rings. The third-order valence-corrected chi connectivity index (χ3v) is 3.32. The fourth-order valence-corrected chi connectivity index (χ4v) is 2.37. The van der Waals surface area contributed by atoms with Crippen molar-refractivity contribution in [3.63, 3.8) is 0 Å². The maximum Gasteiger partial charge on any atom is 0.333 e. The molecular formula is C14H18O2S. The molecule has 0 saturated heterocycles. The lowest BCUT2D eigenvalue weighted by molar-refractivity contribution is -0.136. The van der Waals surface area contributed by atoms with Crippen LogP contribution >= 0.6 is 11.8 Å². The highest BCUT2D eigenvalue weighted by Gasteiger charge is 2.05. The molecule has 92 valence electrons. The Balaban J connectivity index is 2.56. The molecule has 0 saturated carbocycles.